The molecule has 3 amide bonds. The van der Waals surface area contributed by atoms with E-state index < -0.39 is 31.6 Å². The predicted octanol–water partition coefficient (Wildman–Crippen LogP) is 5.03. The third kappa shape index (κ3) is 8.16. The molecule has 0 aliphatic carbocycles. The molecule has 0 spiro atoms. The second-order valence-electron chi connectivity index (χ2n) is 13.9. The van der Waals surface area contributed by atoms with Crippen molar-refractivity contribution in [1.29, 1.82) is 0 Å². The molecule has 1 unspecified atom stereocenters. The van der Waals surface area contributed by atoms with E-state index >= 15 is 0 Å². The maximum absolute atomic E-state index is 14.2. The number of carboxylic acid groups (broad SMARTS) is 1. The number of thiophene rings is 1. The number of carbonyl (C=O) groups excluding carboxylic acids is 3. The van der Waals surface area contributed by atoms with Crippen LogP contribution >= 0.6 is 18.9 Å². The smallest absolute Gasteiger partial charge is 0.323 e. The lowest BCUT2D eigenvalue weighted by molar-refractivity contribution is -0.148. The summed E-state index contributed by atoms with van der Waals surface area (Å²) in [7, 11) is -2.47. The Morgan fingerprint density at radius 1 is 1.04 bits per heavy atom. The second kappa shape index (κ2) is 15.8. The number of aliphatic carboxylic acids is 1. The van der Waals surface area contributed by atoms with Crippen LogP contribution in [0.25, 0.3) is 10.1 Å². The van der Waals surface area contributed by atoms with Gasteiger partial charge in [0.2, 0.25) is 11.8 Å². The van der Waals surface area contributed by atoms with E-state index in [1.165, 1.54) is 18.4 Å². The number of para-hydroxylation sites is 1. The Morgan fingerprint density at radius 3 is 2.58 bits per heavy atom. The van der Waals surface area contributed by atoms with Crippen LogP contribution in [0, 0.1) is 0 Å². The Morgan fingerprint density at radius 2 is 1.85 bits per heavy atom. The van der Waals surface area contributed by atoms with Gasteiger partial charge >= 0.3 is 13.5 Å². The van der Waals surface area contributed by atoms with Crippen molar-refractivity contribution in [2.75, 3.05) is 26.8 Å². The van der Waals surface area contributed by atoms with Gasteiger partial charge in [-0.15, -0.1) is 11.3 Å². The van der Waals surface area contributed by atoms with Gasteiger partial charge in [0.1, 0.15) is 23.9 Å². The summed E-state index contributed by atoms with van der Waals surface area (Å²) >= 11 is 1.28. The minimum atomic E-state index is -3.83. The fourth-order valence-electron chi connectivity index (χ4n) is 7.53. The van der Waals surface area contributed by atoms with Crippen molar-refractivity contribution in [3.8, 4) is 5.75 Å². The molecule has 7 rings (SSSR count). The molecule has 3 aliphatic rings. The number of likely N-dealkylation sites (tertiary alicyclic amines) is 1. The van der Waals surface area contributed by atoms with Crippen LogP contribution in [0.3, 0.4) is 0 Å². The standard InChI is InChI=1S/C38H42N5O8PS/c1-50-22-31(38(47)48)41-52(49,51-29-9-3-2-4-10-29)23-24-12-15-33-26(17-24)18-34(53-33)35(44)40-30-11-5-8-28-13-14-32(43(28)36(30)45)37(46)42-20-27(21-42)25-7-6-16-39-19-25/h2-4,6-7,9-10,12,15-19,27-28,30-32H,5,8,11,13-14,20-23H2,1H3,(H,40,44)(H,41,49)(H,47,48)/t28-,30-,31-,32-,52?/m0/s1. The van der Waals surface area contributed by atoms with Crippen LogP contribution in [0.2, 0.25) is 0 Å². The number of pyridine rings is 1. The first-order chi connectivity index (χ1) is 25.6. The van der Waals surface area contributed by atoms with Gasteiger partial charge < -0.3 is 29.5 Å². The number of methoxy groups -OCH3 is 1. The fourth-order valence-corrected chi connectivity index (χ4v) is 10.5. The van der Waals surface area contributed by atoms with Crippen molar-refractivity contribution in [3.63, 3.8) is 0 Å². The lowest BCUT2D eigenvalue weighted by Gasteiger charge is -2.42. The van der Waals surface area contributed by atoms with Crippen LogP contribution in [-0.4, -0.2) is 94.6 Å². The molecule has 278 valence electrons. The highest BCUT2D eigenvalue weighted by atomic mass is 32.1. The summed E-state index contributed by atoms with van der Waals surface area (Å²) < 4.78 is 25.9. The molecule has 2 aromatic heterocycles. The van der Waals surface area contributed by atoms with Crippen LogP contribution in [0.5, 0.6) is 5.75 Å². The molecular formula is C38H42N5O8PS. The van der Waals surface area contributed by atoms with Crippen LogP contribution < -0.4 is 14.9 Å². The van der Waals surface area contributed by atoms with Gasteiger partial charge in [0.25, 0.3) is 5.91 Å². The summed E-state index contributed by atoms with van der Waals surface area (Å²) in [5.74, 6) is -1.29. The molecule has 3 fully saturated rings. The molecule has 3 N–H and O–H groups in total. The number of carbonyl (C=O) groups is 4. The summed E-state index contributed by atoms with van der Waals surface area (Å²) in [6, 6.07) is 17.0. The van der Waals surface area contributed by atoms with Crippen molar-refractivity contribution in [2.45, 2.75) is 68.4 Å². The minimum Gasteiger partial charge on any atom is -0.480 e. The van der Waals surface area contributed by atoms with E-state index in [2.05, 4.69) is 15.4 Å². The van der Waals surface area contributed by atoms with Crippen molar-refractivity contribution >= 4 is 52.6 Å². The minimum absolute atomic E-state index is 0.0203. The third-order valence-electron chi connectivity index (χ3n) is 10.2. The highest BCUT2D eigenvalue weighted by Gasteiger charge is 2.47. The molecule has 3 saturated heterocycles. The van der Waals surface area contributed by atoms with Crippen LogP contribution in [0.1, 0.15) is 58.8 Å². The number of fused-ring (bicyclic) bond motifs is 2. The van der Waals surface area contributed by atoms with Gasteiger partial charge in [-0.05, 0) is 85.0 Å². The molecule has 0 bridgehead atoms. The quantitative estimate of drug-likeness (QED) is 0.158. The largest absolute Gasteiger partial charge is 0.480 e. The average molecular weight is 760 g/mol. The van der Waals surface area contributed by atoms with Crippen LogP contribution in [-0.2, 0) is 29.8 Å². The molecule has 13 nitrogen and oxygen atoms in total. The van der Waals surface area contributed by atoms with E-state index in [-0.39, 0.29) is 42.5 Å². The van der Waals surface area contributed by atoms with Crippen LogP contribution in [0.4, 0.5) is 0 Å². The Bertz CT molecular complexity index is 2020. The summed E-state index contributed by atoms with van der Waals surface area (Å²) in [5, 5.41) is 16.1. The zero-order valence-electron chi connectivity index (χ0n) is 29.3. The summed E-state index contributed by atoms with van der Waals surface area (Å²) in [6.45, 7) is 0.989. The van der Waals surface area contributed by atoms with Gasteiger partial charge in [-0.2, -0.15) is 0 Å². The fraction of sp³-hybridized carbons (Fsp3) is 0.395. The lowest BCUT2D eigenvalue weighted by atomic mass is 9.92. The van der Waals surface area contributed by atoms with E-state index in [4.69, 9.17) is 9.26 Å². The molecule has 15 heteroatoms. The molecule has 4 aromatic rings. The summed E-state index contributed by atoms with van der Waals surface area (Å²) in [4.78, 5) is 61.4. The first-order valence-corrected chi connectivity index (χ1v) is 20.4. The number of hydrogen-bond acceptors (Lipinski definition) is 9. The zero-order chi connectivity index (χ0) is 37.1. The van der Waals surface area contributed by atoms with Crippen molar-refractivity contribution in [3.05, 3.63) is 95.1 Å². The van der Waals surface area contributed by atoms with E-state index in [0.717, 1.165) is 34.9 Å². The SMILES string of the molecule is COC[C@H](NP(=O)(Cc1ccc2sc(C(=O)N[C@H]3CCC[C@H]4CC[C@@H](C(=O)N5CC(c6cccnc6)C5)N4C3=O)cc2c1)Oc1ccccc1)C(=O)O. The summed E-state index contributed by atoms with van der Waals surface area (Å²) in [6.07, 6.45) is 6.86. The molecule has 2 aromatic carbocycles. The molecule has 0 radical (unpaired) electrons. The molecule has 5 heterocycles. The van der Waals surface area contributed by atoms with E-state index in [1.54, 1.807) is 59.6 Å². The number of ether oxygens (including phenoxy) is 1. The number of benzene rings is 2. The number of nitrogens with one attached hydrogen (secondary N) is 2. The second-order valence-corrected chi connectivity index (χ2v) is 17.1. The number of aromatic nitrogens is 1. The maximum atomic E-state index is 14.2. The Labute approximate surface area is 311 Å². The normalized spacial score (nSPS) is 22.0. The van der Waals surface area contributed by atoms with Crippen molar-refractivity contribution < 1.29 is 38.1 Å². The molecule has 3 aliphatic heterocycles. The van der Waals surface area contributed by atoms with E-state index in [1.807, 2.05) is 29.3 Å². The molecule has 53 heavy (non-hydrogen) atoms. The number of nitrogens with zero attached hydrogens (tertiary/aromatic N) is 3. The van der Waals surface area contributed by atoms with Gasteiger partial charge in [0.15, 0.2) is 0 Å². The number of amides is 3. The topological polar surface area (TPSA) is 167 Å². The van der Waals surface area contributed by atoms with E-state index in [0.29, 0.717) is 42.1 Å². The highest BCUT2D eigenvalue weighted by molar-refractivity contribution is 7.56. The average Bonchev–Trinajstić information content (AvgIpc) is 3.72. The third-order valence-corrected chi connectivity index (χ3v) is 13.3. The Kier molecular flexibility index (Phi) is 10.9. The maximum Gasteiger partial charge on any atom is 0.323 e. The first kappa shape index (κ1) is 36.7. The van der Waals surface area contributed by atoms with Gasteiger partial charge in [-0.3, -0.25) is 28.7 Å². The van der Waals surface area contributed by atoms with Gasteiger partial charge in [0, 0.05) is 49.3 Å². The number of carboxylic acids is 1. The first-order valence-electron chi connectivity index (χ1n) is 17.8. The predicted molar refractivity (Wildman–Crippen MR) is 199 cm³/mol. The van der Waals surface area contributed by atoms with E-state index in [9.17, 15) is 28.8 Å². The highest BCUT2D eigenvalue weighted by Crippen LogP contribution is 2.47. The monoisotopic (exact) mass is 759 g/mol. The Balaban J connectivity index is 1.03. The number of rotatable bonds is 13. The lowest BCUT2D eigenvalue weighted by Crippen LogP contribution is -2.58. The van der Waals surface area contributed by atoms with Crippen molar-refractivity contribution in [1.82, 2.24) is 25.2 Å². The van der Waals surface area contributed by atoms with Gasteiger partial charge in [-0.1, -0.05) is 30.3 Å². The molecule has 5 atom stereocenters. The zero-order valence-corrected chi connectivity index (χ0v) is 31.0. The van der Waals surface area contributed by atoms with Gasteiger partial charge in [-0.25, -0.2) is 5.09 Å². The number of hydrogen-bond donors (Lipinski definition) is 3. The van der Waals surface area contributed by atoms with Gasteiger partial charge in [0.05, 0.1) is 17.6 Å². The van der Waals surface area contributed by atoms with Crippen LogP contribution in [0.15, 0.2) is 79.1 Å². The molecular weight excluding hydrogens is 717 g/mol. The molecule has 0 saturated carbocycles. The van der Waals surface area contributed by atoms with Crippen molar-refractivity contribution in [2.24, 2.45) is 0 Å². The summed E-state index contributed by atoms with van der Waals surface area (Å²) in [5.41, 5.74) is 1.71. The Hall–Kier alpha value is -4.62.